The zero-order chi connectivity index (χ0) is 17.4. The molecule has 1 amide bonds. The molecule has 0 saturated carbocycles. The number of carbonyl (C=O) groups is 1. The van der Waals surface area contributed by atoms with Gasteiger partial charge in [0.15, 0.2) is 6.17 Å². The van der Waals surface area contributed by atoms with Gasteiger partial charge in [0.1, 0.15) is 17.6 Å². The molecule has 23 heavy (non-hydrogen) atoms. The minimum atomic E-state index is -1.46. The van der Waals surface area contributed by atoms with Crippen LogP contribution in [0.4, 0.5) is 9.18 Å². The number of amides is 1. The summed E-state index contributed by atoms with van der Waals surface area (Å²) in [5.41, 5.74) is -0.0209. The molecule has 1 unspecified atom stereocenters. The predicted octanol–water partition coefficient (Wildman–Crippen LogP) is 3.32. The molecule has 3 atom stereocenters. The highest BCUT2D eigenvalue weighted by Gasteiger charge is 2.47. The summed E-state index contributed by atoms with van der Waals surface area (Å²) in [5.74, 6) is 0.231. The van der Waals surface area contributed by atoms with Gasteiger partial charge in [-0.3, -0.25) is 0 Å². The van der Waals surface area contributed by atoms with E-state index in [0.29, 0.717) is 5.56 Å². The van der Waals surface area contributed by atoms with Gasteiger partial charge >= 0.3 is 6.09 Å². The Bertz CT molecular complexity index is 594. The maximum absolute atomic E-state index is 15.0. The van der Waals surface area contributed by atoms with Crippen LogP contribution in [0.5, 0.6) is 5.88 Å². The number of alkyl halides is 1. The van der Waals surface area contributed by atoms with Gasteiger partial charge in [-0.15, -0.1) is 0 Å². The Balaban J connectivity index is 2.25. The first-order valence-corrected chi connectivity index (χ1v) is 7.78. The first kappa shape index (κ1) is 17.7. The second-order valence-electron chi connectivity index (χ2n) is 6.77. The number of hydrogen-bond donors (Lipinski definition) is 1. The molecule has 1 aromatic heterocycles. The van der Waals surface area contributed by atoms with Gasteiger partial charge in [0.25, 0.3) is 0 Å². The summed E-state index contributed by atoms with van der Waals surface area (Å²) in [6.07, 6.45) is -1.85. The highest BCUT2D eigenvalue weighted by Crippen LogP contribution is 2.36. The van der Waals surface area contributed by atoms with Crippen LogP contribution in [-0.2, 0) is 0 Å². The van der Waals surface area contributed by atoms with Gasteiger partial charge in [0.2, 0.25) is 5.88 Å². The summed E-state index contributed by atoms with van der Waals surface area (Å²) in [5, 5.41) is 9.58. The summed E-state index contributed by atoms with van der Waals surface area (Å²) >= 11 is 5.92. The van der Waals surface area contributed by atoms with Crippen LogP contribution >= 0.6 is 11.6 Å². The zero-order valence-electron chi connectivity index (χ0n) is 13.6. The topological polar surface area (TPSA) is 75.6 Å². The number of rotatable bonds is 2. The fraction of sp³-hybridized carbons (Fsp3) is 0.667. The molecule has 0 spiro atoms. The SMILES string of the molecule is Cc1c(Cl)ncnc1O[C@H]1CCN(C(=O)O)C(C(C)(C)C)[C@H]1F. The Labute approximate surface area is 139 Å². The summed E-state index contributed by atoms with van der Waals surface area (Å²) < 4.78 is 20.7. The van der Waals surface area contributed by atoms with Gasteiger partial charge in [-0.1, -0.05) is 32.4 Å². The van der Waals surface area contributed by atoms with Crippen LogP contribution in [0.1, 0.15) is 32.8 Å². The van der Waals surface area contributed by atoms with E-state index < -0.39 is 29.8 Å². The molecule has 1 aliphatic rings. The molecular formula is C15H21ClFN3O3. The Morgan fingerprint density at radius 2 is 2.13 bits per heavy atom. The number of aromatic nitrogens is 2. The van der Waals surface area contributed by atoms with Crippen molar-refractivity contribution < 1.29 is 19.0 Å². The number of nitrogens with zero attached hydrogens (tertiary/aromatic N) is 3. The molecule has 2 rings (SSSR count). The summed E-state index contributed by atoms with van der Waals surface area (Å²) in [7, 11) is 0. The molecular weight excluding hydrogens is 325 g/mol. The van der Waals surface area contributed by atoms with E-state index in [4.69, 9.17) is 16.3 Å². The van der Waals surface area contributed by atoms with E-state index in [1.807, 2.05) is 20.8 Å². The number of hydrogen-bond acceptors (Lipinski definition) is 4. The van der Waals surface area contributed by atoms with Crippen LogP contribution in [0, 0.1) is 12.3 Å². The fourth-order valence-electron chi connectivity index (χ4n) is 2.90. The first-order chi connectivity index (χ1) is 10.6. The molecule has 0 aliphatic carbocycles. The molecule has 1 aromatic rings. The van der Waals surface area contributed by atoms with Crippen LogP contribution in [0.2, 0.25) is 5.15 Å². The minimum Gasteiger partial charge on any atom is -0.471 e. The van der Waals surface area contributed by atoms with E-state index in [0.717, 1.165) is 4.90 Å². The van der Waals surface area contributed by atoms with Crippen molar-refractivity contribution >= 4 is 17.7 Å². The summed E-state index contributed by atoms with van der Waals surface area (Å²) in [6, 6.07) is -0.795. The van der Waals surface area contributed by atoms with Crippen LogP contribution in [-0.4, -0.2) is 50.9 Å². The number of halogens is 2. The summed E-state index contributed by atoms with van der Waals surface area (Å²) in [6.45, 7) is 7.35. The third-order valence-electron chi connectivity index (χ3n) is 4.02. The first-order valence-electron chi connectivity index (χ1n) is 7.40. The van der Waals surface area contributed by atoms with Crippen molar-refractivity contribution in [1.82, 2.24) is 14.9 Å². The highest BCUT2D eigenvalue weighted by molar-refractivity contribution is 6.30. The largest absolute Gasteiger partial charge is 0.471 e. The van der Waals surface area contributed by atoms with Crippen LogP contribution in [0.25, 0.3) is 0 Å². The Kier molecular flexibility index (Phi) is 4.98. The van der Waals surface area contributed by atoms with E-state index in [1.54, 1.807) is 6.92 Å². The molecule has 1 fully saturated rings. The van der Waals surface area contributed by atoms with Crippen molar-refractivity contribution in [3.8, 4) is 5.88 Å². The molecule has 0 aromatic carbocycles. The Morgan fingerprint density at radius 1 is 1.48 bits per heavy atom. The van der Waals surface area contributed by atoms with Crippen LogP contribution < -0.4 is 4.74 Å². The van der Waals surface area contributed by atoms with E-state index in [2.05, 4.69) is 9.97 Å². The third kappa shape index (κ3) is 3.65. The predicted molar refractivity (Wildman–Crippen MR) is 83.7 cm³/mol. The number of likely N-dealkylation sites (tertiary alicyclic amines) is 1. The minimum absolute atomic E-state index is 0.209. The van der Waals surface area contributed by atoms with Crippen molar-refractivity contribution in [2.24, 2.45) is 5.41 Å². The van der Waals surface area contributed by atoms with E-state index >= 15 is 4.39 Å². The summed E-state index contributed by atoms with van der Waals surface area (Å²) in [4.78, 5) is 20.4. The van der Waals surface area contributed by atoms with Crippen LogP contribution in [0.15, 0.2) is 6.33 Å². The monoisotopic (exact) mass is 345 g/mol. The lowest BCUT2D eigenvalue weighted by atomic mass is 9.78. The van der Waals surface area contributed by atoms with Gasteiger partial charge in [0.05, 0.1) is 6.04 Å². The van der Waals surface area contributed by atoms with Gasteiger partial charge in [-0.2, -0.15) is 0 Å². The van der Waals surface area contributed by atoms with Gasteiger partial charge in [-0.25, -0.2) is 19.2 Å². The molecule has 0 radical (unpaired) electrons. The van der Waals surface area contributed by atoms with Gasteiger partial charge in [0, 0.05) is 18.5 Å². The average molecular weight is 346 g/mol. The molecule has 2 heterocycles. The average Bonchev–Trinajstić information content (AvgIpc) is 2.44. The smallest absolute Gasteiger partial charge is 0.407 e. The molecule has 1 saturated heterocycles. The molecule has 8 heteroatoms. The van der Waals surface area contributed by atoms with Crippen molar-refractivity contribution in [1.29, 1.82) is 0 Å². The highest BCUT2D eigenvalue weighted by atomic mass is 35.5. The fourth-order valence-corrected chi connectivity index (χ4v) is 3.02. The molecule has 1 N–H and O–H groups in total. The molecule has 0 bridgehead atoms. The van der Waals surface area contributed by atoms with Crippen molar-refractivity contribution in [2.75, 3.05) is 6.54 Å². The molecule has 6 nitrogen and oxygen atoms in total. The number of piperidine rings is 1. The van der Waals surface area contributed by atoms with Crippen molar-refractivity contribution in [2.45, 2.75) is 52.4 Å². The quantitative estimate of drug-likeness (QED) is 0.832. The molecule has 128 valence electrons. The third-order valence-corrected chi connectivity index (χ3v) is 4.40. The van der Waals surface area contributed by atoms with Gasteiger partial charge in [-0.05, 0) is 12.3 Å². The lowest BCUT2D eigenvalue weighted by molar-refractivity contribution is -0.0527. The zero-order valence-corrected chi connectivity index (χ0v) is 14.3. The Morgan fingerprint density at radius 3 is 2.70 bits per heavy atom. The van der Waals surface area contributed by atoms with Crippen LogP contribution in [0.3, 0.4) is 0 Å². The normalized spacial score (nSPS) is 25.3. The lowest BCUT2D eigenvalue weighted by Gasteiger charge is -2.46. The van der Waals surface area contributed by atoms with Gasteiger partial charge < -0.3 is 14.7 Å². The second-order valence-corrected chi connectivity index (χ2v) is 7.13. The maximum atomic E-state index is 15.0. The second kappa shape index (κ2) is 6.47. The lowest BCUT2D eigenvalue weighted by Crippen LogP contribution is -2.60. The van der Waals surface area contributed by atoms with Crippen molar-refractivity contribution in [3.63, 3.8) is 0 Å². The Hall–Kier alpha value is -1.63. The number of ether oxygens (including phenoxy) is 1. The molecule has 1 aliphatic heterocycles. The maximum Gasteiger partial charge on any atom is 0.407 e. The van der Waals surface area contributed by atoms with Crippen molar-refractivity contribution in [3.05, 3.63) is 17.0 Å². The number of carboxylic acid groups (broad SMARTS) is 1. The van der Waals surface area contributed by atoms with E-state index in [1.165, 1.54) is 6.33 Å². The standard InChI is InChI=1S/C15H21ClFN3O3/c1-8-12(16)18-7-19-13(8)23-9-5-6-20(14(21)22)11(10(9)17)15(2,3)4/h7,9-11H,5-6H2,1-4H3,(H,21,22)/t9-,10-,11?/m0/s1. The van der Waals surface area contributed by atoms with E-state index in [-0.39, 0.29) is 24.0 Å². The van der Waals surface area contributed by atoms with E-state index in [9.17, 15) is 9.90 Å².